The van der Waals surface area contributed by atoms with E-state index in [4.69, 9.17) is 33.5 Å². The predicted molar refractivity (Wildman–Crippen MR) is 53.2 cm³/mol. The molecular formula is C7H10Cl2N2O4. The highest BCUT2D eigenvalue weighted by atomic mass is 35.5. The number of carbonyl (C=O) groups excluding carboxylic acids is 2. The number of hydrogen-bond donors (Lipinski definition) is 1. The molecule has 1 aliphatic rings. The molecule has 0 spiro atoms. The maximum Gasteiger partial charge on any atom is 0.357 e. The van der Waals surface area contributed by atoms with E-state index >= 15 is 0 Å². The zero-order chi connectivity index (χ0) is 12.4. The van der Waals surface area contributed by atoms with Gasteiger partial charge in [0.2, 0.25) is 0 Å². The van der Waals surface area contributed by atoms with Crippen LogP contribution in [0.15, 0.2) is 0 Å². The van der Waals surface area contributed by atoms with Crippen molar-refractivity contribution in [3.05, 3.63) is 0 Å². The molecule has 0 aromatic carbocycles. The van der Waals surface area contributed by atoms with Crippen LogP contribution < -0.4 is 0 Å². The number of nitrogens with zero attached hydrogens (tertiary/aromatic N) is 2. The topological polar surface area (TPSA) is 77.9 Å². The highest BCUT2D eigenvalue weighted by molar-refractivity contribution is 6.38. The molecule has 0 atom stereocenters. The first-order valence-corrected chi connectivity index (χ1v) is 4.49. The molecule has 0 unspecified atom stereocenters. The highest BCUT2D eigenvalue weighted by Gasteiger charge is 2.50. The monoisotopic (exact) mass is 256 g/mol. The summed E-state index contributed by atoms with van der Waals surface area (Å²) in [7, 11) is 0. The number of carboxylic acid groups (broad SMARTS) is 1. The zero-order valence-corrected chi connectivity index (χ0v) is 9.83. The Balaban J connectivity index is 0.000000423. The van der Waals surface area contributed by atoms with E-state index in [-0.39, 0.29) is 0 Å². The fourth-order valence-corrected chi connectivity index (χ4v) is 1.20. The molecule has 86 valence electrons. The van der Waals surface area contributed by atoms with E-state index < -0.39 is 23.4 Å². The van der Waals surface area contributed by atoms with Crippen LogP contribution in [0.5, 0.6) is 0 Å². The number of rotatable bonds is 0. The lowest BCUT2D eigenvalue weighted by Crippen LogP contribution is -2.38. The molecule has 1 N–H and O–H groups in total. The van der Waals surface area contributed by atoms with Crippen LogP contribution in [0.2, 0.25) is 0 Å². The predicted octanol–water partition coefficient (Wildman–Crippen LogP) is 1.43. The molecule has 1 rings (SSSR count). The molecular weight excluding hydrogens is 247 g/mol. The number of carbonyl (C=O) groups is 3. The van der Waals surface area contributed by atoms with Crippen molar-refractivity contribution in [3.8, 4) is 0 Å². The van der Waals surface area contributed by atoms with Gasteiger partial charge in [-0.25, -0.2) is 9.21 Å². The number of aliphatic carboxylic acids is 1. The van der Waals surface area contributed by atoms with Crippen molar-refractivity contribution in [1.82, 2.24) is 8.84 Å². The van der Waals surface area contributed by atoms with Crippen LogP contribution in [-0.2, 0) is 9.59 Å². The third-order valence-corrected chi connectivity index (χ3v) is 2.39. The first-order valence-electron chi connectivity index (χ1n) is 3.82. The van der Waals surface area contributed by atoms with E-state index in [0.717, 1.165) is 11.3 Å². The number of halogens is 2. The summed E-state index contributed by atoms with van der Waals surface area (Å²) in [4.78, 5) is 31.0. The van der Waals surface area contributed by atoms with E-state index in [1.807, 2.05) is 0 Å². The molecule has 1 aliphatic heterocycles. The fourth-order valence-electron chi connectivity index (χ4n) is 0.727. The molecule has 0 radical (unpaired) electrons. The van der Waals surface area contributed by atoms with Gasteiger partial charge in [0, 0.05) is 30.5 Å². The smallest absolute Gasteiger partial charge is 0.357 e. The number of urea groups is 1. The zero-order valence-electron chi connectivity index (χ0n) is 8.32. The number of amides is 3. The standard InChI is InChI=1S/C5H6Cl2N2O2.C2H4O2/c1-5(2)3(10)8(6)4(11)9(5)7;1-2(3)4/h1-2H3;1H3,(H,3,4). The van der Waals surface area contributed by atoms with Gasteiger partial charge in [-0.1, -0.05) is 0 Å². The first-order chi connectivity index (χ1) is 6.62. The van der Waals surface area contributed by atoms with Crippen molar-refractivity contribution in [2.24, 2.45) is 0 Å². The van der Waals surface area contributed by atoms with Crippen molar-refractivity contribution >= 4 is 41.5 Å². The average molecular weight is 257 g/mol. The minimum Gasteiger partial charge on any atom is -0.481 e. The van der Waals surface area contributed by atoms with Gasteiger partial charge in [-0.15, -0.1) is 0 Å². The lowest BCUT2D eigenvalue weighted by Gasteiger charge is -2.18. The Labute approximate surface area is 96.6 Å². The van der Waals surface area contributed by atoms with E-state index in [1.54, 1.807) is 0 Å². The van der Waals surface area contributed by atoms with Crippen molar-refractivity contribution in [1.29, 1.82) is 0 Å². The van der Waals surface area contributed by atoms with Gasteiger partial charge in [-0.05, 0) is 13.8 Å². The Hall–Kier alpha value is -1.01. The minimum atomic E-state index is -1.04. The van der Waals surface area contributed by atoms with Gasteiger partial charge >= 0.3 is 6.03 Å². The second kappa shape index (κ2) is 4.67. The molecule has 0 saturated carbocycles. The molecule has 15 heavy (non-hydrogen) atoms. The van der Waals surface area contributed by atoms with Gasteiger partial charge in [0.15, 0.2) is 0 Å². The molecule has 0 aromatic rings. The largest absolute Gasteiger partial charge is 0.481 e. The Bertz CT molecular complexity index is 301. The summed E-state index contributed by atoms with van der Waals surface area (Å²) in [6.45, 7) is 4.12. The molecule has 8 heteroatoms. The van der Waals surface area contributed by atoms with E-state index in [9.17, 15) is 9.59 Å². The van der Waals surface area contributed by atoms with Gasteiger partial charge in [0.1, 0.15) is 5.54 Å². The van der Waals surface area contributed by atoms with E-state index in [0.29, 0.717) is 4.42 Å². The summed E-state index contributed by atoms with van der Waals surface area (Å²) in [5, 5.41) is 7.42. The number of hydrogen-bond acceptors (Lipinski definition) is 3. The second-order valence-electron chi connectivity index (χ2n) is 3.23. The molecule has 0 aromatic heterocycles. The van der Waals surface area contributed by atoms with Crippen LogP contribution in [0.1, 0.15) is 20.8 Å². The summed E-state index contributed by atoms with van der Waals surface area (Å²) in [6.07, 6.45) is 0. The van der Waals surface area contributed by atoms with Crippen LogP contribution in [0.3, 0.4) is 0 Å². The van der Waals surface area contributed by atoms with Crippen molar-refractivity contribution in [2.75, 3.05) is 0 Å². The van der Waals surface area contributed by atoms with Gasteiger partial charge in [0.05, 0.1) is 0 Å². The molecule has 6 nitrogen and oxygen atoms in total. The maximum absolute atomic E-state index is 11.1. The van der Waals surface area contributed by atoms with Crippen molar-refractivity contribution < 1.29 is 19.5 Å². The molecule has 1 heterocycles. The SMILES string of the molecule is CC(=O)O.CC1(C)C(=O)N(Cl)C(=O)N1Cl. The van der Waals surface area contributed by atoms with Crippen LogP contribution in [-0.4, -0.2) is 37.4 Å². The summed E-state index contributed by atoms with van der Waals surface area (Å²) < 4.78 is 1.26. The lowest BCUT2D eigenvalue weighted by molar-refractivity contribution is -0.134. The minimum absolute atomic E-state index is 0.479. The van der Waals surface area contributed by atoms with Crippen LogP contribution in [0.25, 0.3) is 0 Å². The lowest BCUT2D eigenvalue weighted by atomic mass is 10.1. The maximum atomic E-state index is 11.1. The summed E-state index contributed by atoms with van der Waals surface area (Å²) >= 11 is 10.8. The van der Waals surface area contributed by atoms with Crippen molar-refractivity contribution in [3.63, 3.8) is 0 Å². The molecule has 1 fully saturated rings. The van der Waals surface area contributed by atoms with Gasteiger partial charge in [-0.3, -0.25) is 9.59 Å². The third-order valence-electron chi connectivity index (χ3n) is 1.53. The highest BCUT2D eigenvalue weighted by Crippen LogP contribution is 2.30. The van der Waals surface area contributed by atoms with Gasteiger partial charge in [0.25, 0.3) is 11.9 Å². The normalized spacial score (nSPS) is 18.7. The van der Waals surface area contributed by atoms with Crippen LogP contribution in [0.4, 0.5) is 4.79 Å². The number of carboxylic acids is 1. The average Bonchev–Trinajstić information content (AvgIpc) is 2.21. The Kier molecular flexibility index (Phi) is 4.36. The Morgan fingerprint density at radius 3 is 1.73 bits per heavy atom. The fraction of sp³-hybridized carbons (Fsp3) is 0.571. The molecule has 1 saturated heterocycles. The van der Waals surface area contributed by atoms with E-state index in [1.165, 1.54) is 13.8 Å². The quantitative estimate of drug-likeness (QED) is 0.526. The van der Waals surface area contributed by atoms with Gasteiger partial charge in [-0.2, -0.15) is 4.42 Å². The molecule has 0 aliphatic carbocycles. The second-order valence-corrected chi connectivity index (χ2v) is 3.90. The Morgan fingerprint density at radius 1 is 1.33 bits per heavy atom. The van der Waals surface area contributed by atoms with Gasteiger partial charge < -0.3 is 5.11 Å². The number of imide groups is 1. The summed E-state index contributed by atoms with van der Waals surface area (Å²) in [6, 6.07) is -0.705. The van der Waals surface area contributed by atoms with Crippen LogP contribution in [0, 0.1) is 0 Å². The Morgan fingerprint density at radius 2 is 1.67 bits per heavy atom. The molecule has 3 amide bonds. The third kappa shape index (κ3) is 2.97. The van der Waals surface area contributed by atoms with Crippen molar-refractivity contribution in [2.45, 2.75) is 26.3 Å². The summed E-state index contributed by atoms with van der Waals surface area (Å²) in [5.41, 5.74) is -1.04. The molecule has 0 bridgehead atoms. The van der Waals surface area contributed by atoms with E-state index in [2.05, 4.69) is 0 Å². The summed E-state index contributed by atoms with van der Waals surface area (Å²) in [5.74, 6) is -1.35. The first kappa shape index (κ1) is 14.0. The van der Waals surface area contributed by atoms with Crippen LogP contribution >= 0.6 is 23.6 Å².